The lowest BCUT2D eigenvalue weighted by atomic mass is 10.3. The Morgan fingerprint density at radius 3 is 0.786 bits per heavy atom. The first-order chi connectivity index (χ1) is 20.2. The molecule has 0 spiro atoms. The van der Waals surface area contributed by atoms with Crippen molar-refractivity contribution in [1.82, 2.24) is 24.5 Å². The number of likely N-dealkylation sites (tertiary alicyclic amines) is 5. The fourth-order valence-electron chi connectivity index (χ4n) is 5.44. The topological polar surface area (TPSA) is 102 Å². The van der Waals surface area contributed by atoms with Gasteiger partial charge in [-0.1, -0.05) is 13.3 Å². The van der Waals surface area contributed by atoms with E-state index in [0.29, 0.717) is 29.5 Å². The Hall–Kier alpha value is -2.65. The van der Waals surface area contributed by atoms with Crippen LogP contribution >= 0.6 is 0 Å². The molecule has 5 amide bonds. The molecule has 0 saturated carbocycles. The smallest absolute Gasteiger partial charge is 0.222 e. The molecule has 5 aliphatic rings. The number of hydrogen-bond acceptors (Lipinski definition) is 5. The molecule has 0 atom stereocenters. The second kappa shape index (κ2) is 22.0. The van der Waals surface area contributed by atoms with Crippen molar-refractivity contribution < 1.29 is 24.0 Å². The highest BCUT2D eigenvalue weighted by Gasteiger charge is 2.20. The molecule has 0 unspecified atom stereocenters. The molecule has 0 aromatic rings. The summed E-state index contributed by atoms with van der Waals surface area (Å²) < 4.78 is 0. The molecule has 5 heterocycles. The van der Waals surface area contributed by atoms with Crippen LogP contribution in [0, 0.1) is 0 Å². The van der Waals surface area contributed by atoms with Crippen molar-refractivity contribution in [3.05, 3.63) is 0 Å². The Bertz CT molecular complexity index is 732. The maximum atomic E-state index is 11.0. The third-order valence-corrected chi connectivity index (χ3v) is 8.17. The van der Waals surface area contributed by atoms with Crippen LogP contribution in [-0.4, -0.2) is 119 Å². The summed E-state index contributed by atoms with van der Waals surface area (Å²) in [5.41, 5.74) is 0. The first-order valence-corrected chi connectivity index (χ1v) is 16.6. The van der Waals surface area contributed by atoms with E-state index in [1.54, 1.807) is 0 Å². The average Bonchev–Trinajstić information content (AvgIpc) is 3.83. The van der Waals surface area contributed by atoms with Gasteiger partial charge in [-0.15, -0.1) is 0 Å². The predicted octanol–water partition coefficient (Wildman–Crippen LogP) is 3.92. The third-order valence-electron chi connectivity index (χ3n) is 8.17. The van der Waals surface area contributed by atoms with Crippen molar-refractivity contribution in [3.63, 3.8) is 0 Å². The second-order valence-electron chi connectivity index (χ2n) is 11.1. The predicted molar refractivity (Wildman–Crippen MR) is 167 cm³/mol. The van der Waals surface area contributed by atoms with Crippen LogP contribution in [0.4, 0.5) is 0 Å². The number of amides is 5. The van der Waals surface area contributed by atoms with Gasteiger partial charge in [0.15, 0.2) is 0 Å². The zero-order valence-corrected chi connectivity index (χ0v) is 27.3. The van der Waals surface area contributed by atoms with Gasteiger partial charge in [0.25, 0.3) is 0 Å². The van der Waals surface area contributed by atoms with Crippen molar-refractivity contribution in [2.24, 2.45) is 0 Å². The lowest BCUT2D eigenvalue weighted by Gasteiger charge is -2.13. The van der Waals surface area contributed by atoms with Crippen LogP contribution < -0.4 is 0 Å². The molecule has 5 saturated heterocycles. The zero-order valence-electron chi connectivity index (χ0n) is 27.3. The Morgan fingerprint density at radius 1 is 0.405 bits per heavy atom. The van der Waals surface area contributed by atoms with Gasteiger partial charge in [-0.3, -0.25) is 24.0 Å². The summed E-state index contributed by atoms with van der Waals surface area (Å²) in [6, 6.07) is 0. The van der Waals surface area contributed by atoms with E-state index in [2.05, 4.69) is 6.92 Å². The number of carbonyl (C=O) groups is 5. The third kappa shape index (κ3) is 14.0. The van der Waals surface area contributed by atoms with Gasteiger partial charge in [0, 0.05) is 97.6 Å². The van der Waals surface area contributed by atoms with Crippen LogP contribution in [0.5, 0.6) is 0 Å². The summed E-state index contributed by atoms with van der Waals surface area (Å²) in [6.45, 7) is 19.7. The summed E-state index contributed by atoms with van der Waals surface area (Å²) >= 11 is 0. The molecule has 0 radical (unpaired) electrons. The normalized spacial score (nSPS) is 19.7. The van der Waals surface area contributed by atoms with Gasteiger partial charge in [-0.2, -0.15) is 0 Å². The fraction of sp³-hybridized carbons (Fsp3) is 0.844. The molecule has 242 valence electrons. The summed E-state index contributed by atoms with van der Waals surface area (Å²) in [7, 11) is 0. The molecule has 0 N–H and O–H groups in total. The molecule has 42 heavy (non-hydrogen) atoms. The molecule has 0 aliphatic carbocycles. The van der Waals surface area contributed by atoms with Gasteiger partial charge in [-0.25, -0.2) is 0 Å². The van der Waals surface area contributed by atoms with E-state index >= 15 is 0 Å². The molecule has 5 fully saturated rings. The highest BCUT2D eigenvalue weighted by Crippen LogP contribution is 2.11. The zero-order chi connectivity index (χ0) is 31.3. The monoisotopic (exact) mass is 593 g/mol. The van der Waals surface area contributed by atoms with Crippen molar-refractivity contribution in [2.75, 3.05) is 65.4 Å². The van der Waals surface area contributed by atoms with Crippen molar-refractivity contribution in [3.8, 4) is 0 Å². The fourth-order valence-corrected chi connectivity index (χ4v) is 5.44. The van der Waals surface area contributed by atoms with Gasteiger partial charge in [0.1, 0.15) is 0 Å². The highest BCUT2D eigenvalue weighted by atomic mass is 16.2. The molecular formula is C32H59N5O5. The van der Waals surface area contributed by atoms with Crippen LogP contribution in [0.2, 0.25) is 0 Å². The van der Waals surface area contributed by atoms with E-state index in [-0.39, 0.29) is 0 Å². The molecule has 0 aromatic heterocycles. The van der Waals surface area contributed by atoms with Crippen LogP contribution in [0.25, 0.3) is 0 Å². The van der Waals surface area contributed by atoms with Crippen LogP contribution in [0.3, 0.4) is 0 Å². The minimum atomic E-state index is 0.326. The average molecular weight is 594 g/mol. The van der Waals surface area contributed by atoms with Gasteiger partial charge >= 0.3 is 0 Å². The second-order valence-corrected chi connectivity index (χ2v) is 11.1. The van der Waals surface area contributed by atoms with E-state index in [4.69, 9.17) is 0 Å². The number of unbranched alkanes of at least 4 members (excludes halogenated alkanes) is 1. The first-order valence-electron chi connectivity index (χ1n) is 16.6. The van der Waals surface area contributed by atoms with E-state index in [1.807, 2.05) is 52.2 Å². The largest absolute Gasteiger partial charge is 0.343 e. The summed E-state index contributed by atoms with van der Waals surface area (Å²) in [4.78, 5) is 63.5. The minimum absolute atomic E-state index is 0.326. The van der Waals surface area contributed by atoms with Crippen molar-refractivity contribution in [2.45, 2.75) is 112 Å². The first kappa shape index (κ1) is 37.4. The van der Waals surface area contributed by atoms with Crippen molar-refractivity contribution in [1.29, 1.82) is 0 Å². The molecule has 5 rings (SSSR count). The molecule has 5 aliphatic heterocycles. The van der Waals surface area contributed by atoms with Crippen LogP contribution in [-0.2, 0) is 24.0 Å². The Labute approximate surface area is 255 Å². The molecular weight excluding hydrogens is 534 g/mol. The van der Waals surface area contributed by atoms with E-state index in [9.17, 15) is 24.0 Å². The summed E-state index contributed by atoms with van der Waals surface area (Å²) in [5.74, 6) is 1.66. The Kier molecular flexibility index (Phi) is 19.5. The number of hydrogen-bond donors (Lipinski definition) is 0. The SMILES string of the molecule is CCCCN1CCCC1=O.CCN1CCCC1=O.CCN1CCCC1=O.CCN1CCCC1=O.CCN1CCCC1=O. The quantitative estimate of drug-likeness (QED) is 0.445. The standard InChI is InChI=1S/C8H15NO.4C6H11NO/c1-2-3-6-9-7-4-5-8(9)10;4*1-2-7-5-3-4-6(7)8/h2-7H2,1H3;4*2-5H2,1H3. The van der Waals surface area contributed by atoms with E-state index < -0.39 is 0 Å². The van der Waals surface area contributed by atoms with E-state index in [0.717, 1.165) is 136 Å². The van der Waals surface area contributed by atoms with Gasteiger partial charge in [0.05, 0.1) is 0 Å². The molecule has 10 nitrogen and oxygen atoms in total. The lowest BCUT2D eigenvalue weighted by molar-refractivity contribution is -0.128. The number of nitrogens with zero attached hydrogens (tertiary/aromatic N) is 5. The summed E-state index contributed by atoms with van der Waals surface area (Å²) in [6.07, 6.45) is 11.5. The maximum absolute atomic E-state index is 11.0. The lowest BCUT2D eigenvalue weighted by Crippen LogP contribution is -2.25. The molecule has 0 aromatic carbocycles. The molecule has 10 heteroatoms. The number of rotatable bonds is 7. The van der Waals surface area contributed by atoms with Crippen LogP contribution in [0.15, 0.2) is 0 Å². The van der Waals surface area contributed by atoms with Gasteiger partial charge in [-0.05, 0) is 66.2 Å². The highest BCUT2D eigenvalue weighted by molar-refractivity contribution is 5.79. The number of carbonyl (C=O) groups excluding carboxylic acids is 5. The maximum Gasteiger partial charge on any atom is 0.222 e. The van der Waals surface area contributed by atoms with Crippen molar-refractivity contribution >= 4 is 29.5 Å². The Morgan fingerprint density at radius 2 is 0.643 bits per heavy atom. The van der Waals surface area contributed by atoms with Gasteiger partial charge < -0.3 is 24.5 Å². The van der Waals surface area contributed by atoms with E-state index in [1.165, 1.54) is 6.42 Å². The minimum Gasteiger partial charge on any atom is -0.343 e. The Balaban J connectivity index is 0.000000263. The van der Waals surface area contributed by atoms with Gasteiger partial charge in [0.2, 0.25) is 29.5 Å². The molecule has 0 bridgehead atoms. The summed E-state index contributed by atoms with van der Waals surface area (Å²) in [5, 5.41) is 0. The van der Waals surface area contributed by atoms with Crippen LogP contribution in [0.1, 0.15) is 112 Å².